The molecular weight excluding hydrogens is 408 g/mol. The highest BCUT2D eigenvalue weighted by molar-refractivity contribution is 7.89. The molecular formula is C20H28N4O3S2. The van der Waals surface area contributed by atoms with Crippen LogP contribution in [0.15, 0.2) is 11.0 Å². The molecule has 2 aromatic rings. The van der Waals surface area contributed by atoms with Gasteiger partial charge in [-0.15, -0.1) is 5.10 Å². The Morgan fingerprint density at radius 3 is 2.24 bits per heavy atom. The van der Waals surface area contributed by atoms with E-state index in [0.29, 0.717) is 35.1 Å². The zero-order valence-electron chi connectivity index (χ0n) is 17.6. The van der Waals surface area contributed by atoms with E-state index in [1.807, 2.05) is 38.7 Å². The zero-order chi connectivity index (χ0) is 21.3. The van der Waals surface area contributed by atoms with Crippen LogP contribution in [0.5, 0.6) is 0 Å². The van der Waals surface area contributed by atoms with E-state index in [9.17, 15) is 13.2 Å². The molecule has 1 N–H and O–H groups in total. The van der Waals surface area contributed by atoms with E-state index in [1.165, 1.54) is 0 Å². The number of likely N-dealkylation sites (tertiary alicyclic amines) is 1. The van der Waals surface area contributed by atoms with Crippen LogP contribution in [0.4, 0.5) is 0 Å². The summed E-state index contributed by atoms with van der Waals surface area (Å²) in [6, 6.07) is 2.02. The van der Waals surface area contributed by atoms with Gasteiger partial charge in [0.15, 0.2) is 0 Å². The van der Waals surface area contributed by atoms with Gasteiger partial charge in [-0.2, -0.15) is 0 Å². The molecule has 3 rings (SSSR count). The maximum absolute atomic E-state index is 13.0. The van der Waals surface area contributed by atoms with Gasteiger partial charge < -0.3 is 4.90 Å². The van der Waals surface area contributed by atoms with Crippen LogP contribution in [0.1, 0.15) is 50.5 Å². The summed E-state index contributed by atoms with van der Waals surface area (Å²) in [5, 5.41) is 3.90. The van der Waals surface area contributed by atoms with Gasteiger partial charge in [0.25, 0.3) is 5.91 Å². The van der Waals surface area contributed by atoms with Crippen molar-refractivity contribution in [3.8, 4) is 0 Å². The van der Waals surface area contributed by atoms with Crippen LogP contribution < -0.4 is 4.72 Å². The van der Waals surface area contributed by atoms with Crippen molar-refractivity contribution in [1.82, 2.24) is 19.2 Å². The van der Waals surface area contributed by atoms with Crippen molar-refractivity contribution >= 4 is 27.5 Å². The number of piperidine rings is 1. The fraction of sp³-hybridized carbons (Fsp3) is 0.550. The minimum absolute atomic E-state index is 0.0296. The first-order chi connectivity index (χ1) is 13.6. The second-order valence-electron chi connectivity index (χ2n) is 7.86. The van der Waals surface area contributed by atoms with Gasteiger partial charge in [0.1, 0.15) is 4.88 Å². The number of nitrogens with zero attached hydrogens (tertiary/aromatic N) is 3. The van der Waals surface area contributed by atoms with Crippen molar-refractivity contribution in [1.29, 1.82) is 0 Å². The molecule has 9 heteroatoms. The van der Waals surface area contributed by atoms with Crippen LogP contribution in [0.25, 0.3) is 0 Å². The second kappa shape index (κ2) is 8.49. The Morgan fingerprint density at radius 2 is 1.72 bits per heavy atom. The molecule has 1 fully saturated rings. The third-order valence-electron chi connectivity index (χ3n) is 5.88. The number of amides is 1. The van der Waals surface area contributed by atoms with Crippen molar-refractivity contribution in [3.63, 3.8) is 0 Å². The van der Waals surface area contributed by atoms with Gasteiger partial charge in [0.2, 0.25) is 10.0 Å². The summed E-state index contributed by atoms with van der Waals surface area (Å²) in [7, 11) is -3.58. The molecule has 2 heterocycles. The molecule has 0 bridgehead atoms. The number of sulfonamides is 1. The van der Waals surface area contributed by atoms with E-state index in [1.54, 1.807) is 6.92 Å². The van der Waals surface area contributed by atoms with Crippen molar-refractivity contribution in [3.05, 3.63) is 38.9 Å². The molecule has 1 aliphatic heterocycles. The Labute approximate surface area is 176 Å². The van der Waals surface area contributed by atoms with E-state index in [0.717, 1.165) is 46.6 Å². The number of aromatic nitrogens is 2. The Hall–Kier alpha value is -1.84. The first-order valence-corrected chi connectivity index (χ1v) is 12.0. The highest BCUT2D eigenvalue weighted by atomic mass is 32.2. The average Bonchev–Trinajstić information content (AvgIpc) is 3.10. The minimum atomic E-state index is -3.58. The highest BCUT2D eigenvalue weighted by Crippen LogP contribution is 2.27. The molecule has 158 valence electrons. The van der Waals surface area contributed by atoms with Gasteiger partial charge in [-0.3, -0.25) is 4.79 Å². The lowest BCUT2D eigenvalue weighted by Gasteiger charge is -2.31. The molecule has 1 amide bonds. The summed E-state index contributed by atoms with van der Waals surface area (Å²) in [5.41, 5.74) is 4.22. The van der Waals surface area contributed by atoms with Crippen LogP contribution in [-0.4, -0.2) is 48.4 Å². The number of rotatable bonds is 5. The van der Waals surface area contributed by atoms with Gasteiger partial charge in [0.05, 0.1) is 10.6 Å². The van der Waals surface area contributed by atoms with E-state index in [2.05, 4.69) is 14.3 Å². The maximum atomic E-state index is 13.0. The number of carbonyl (C=O) groups excluding carboxylic acids is 1. The molecule has 29 heavy (non-hydrogen) atoms. The molecule has 7 nitrogen and oxygen atoms in total. The molecule has 0 saturated carbocycles. The van der Waals surface area contributed by atoms with Crippen LogP contribution in [0.2, 0.25) is 0 Å². The number of nitrogens with one attached hydrogen (secondary N) is 1. The van der Waals surface area contributed by atoms with Gasteiger partial charge in [-0.25, -0.2) is 13.1 Å². The van der Waals surface area contributed by atoms with E-state index in [-0.39, 0.29) is 11.8 Å². The number of carbonyl (C=O) groups is 1. The number of benzene rings is 1. The van der Waals surface area contributed by atoms with Crippen molar-refractivity contribution in [2.24, 2.45) is 5.92 Å². The van der Waals surface area contributed by atoms with Gasteiger partial charge >= 0.3 is 0 Å². The molecule has 0 spiro atoms. The quantitative estimate of drug-likeness (QED) is 0.778. The number of hydrogen-bond donors (Lipinski definition) is 1. The Kier molecular flexibility index (Phi) is 6.40. The molecule has 1 aromatic carbocycles. The monoisotopic (exact) mass is 436 g/mol. The fourth-order valence-electron chi connectivity index (χ4n) is 3.80. The Balaban J connectivity index is 1.62. The van der Waals surface area contributed by atoms with Gasteiger partial charge in [0, 0.05) is 19.6 Å². The predicted molar refractivity (Wildman–Crippen MR) is 114 cm³/mol. The average molecular weight is 437 g/mol. The highest BCUT2D eigenvalue weighted by Gasteiger charge is 2.28. The lowest BCUT2D eigenvalue weighted by Crippen LogP contribution is -2.41. The standard InChI is InChI=1S/C20H28N4O3S2/c1-12-10-13(2)15(4)19(14(12)3)29(26,27)21-11-17-6-8-24(9-7-17)20(25)18-16(5)22-23-28-18/h10,17,21H,6-9,11H2,1-5H3. The molecule has 0 radical (unpaired) electrons. The largest absolute Gasteiger partial charge is 0.338 e. The first kappa shape index (κ1) is 21.9. The van der Waals surface area contributed by atoms with Crippen LogP contribution in [0.3, 0.4) is 0 Å². The topological polar surface area (TPSA) is 92.3 Å². The summed E-state index contributed by atoms with van der Waals surface area (Å²) < 4.78 is 32.6. The smallest absolute Gasteiger partial charge is 0.267 e. The summed E-state index contributed by atoms with van der Waals surface area (Å²) in [4.78, 5) is 15.4. The Bertz CT molecular complexity index is 996. The summed E-state index contributed by atoms with van der Waals surface area (Å²) in [5.74, 6) is 0.180. The van der Waals surface area contributed by atoms with E-state index >= 15 is 0 Å². The van der Waals surface area contributed by atoms with Gasteiger partial charge in [-0.1, -0.05) is 10.6 Å². The Morgan fingerprint density at radius 1 is 1.14 bits per heavy atom. The fourth-order valence-corrected chi connectivity index (χ4v) is 6.15. The van der Waals surface area contributed by atoms with Crippen LogP contribution in [0, 0.1) is 40.5 Å². The van der Waals surface area contributed by atoms with Crippen molar-refractivity contribution < 1.29 is 13.2 Å². The summed E-state index contributed by atoms with van der Waals surface area (Å²) in [6.07, 6.45) is 1.54. The van der Waals surface area contributed by atoms with Crippen molar-refractivity contribution in [2.75, 3.05) is 19.6 Å². The predicted octanol–water partition coefficient (Wildman–Crippen LogP) is 2.91. The summed E-state index contributed by atoms with van der Waals surface area (Å²) >= 11 is 1.12. The SMILES string of the molecule is Cc1cc(C)c(C)c(S(=O)(=O)NCC2CCN(C(=O)c3snnc3C)CC2)c1C. The van der Waals surface area contributed by atoms with Crippen LogP contribution >= 0.6 is 11.5 Å². The third kappa shape index (κ3) is 4.51. The van der Waals surface area contributed by atoms with E-state index < -0.39 is 10.0 Å². The molecule has 0 atom stereocenters. The lowest BCUT2D eigenvalue weighted by atomic mass is 9.97. The molecule has 1 saturated heterocycles. The minimum Gasteiger partial charge on any atom is -0.338 e. The van der Waals surface area contributed by atoms with E-state index in [4.69, 9.17) is 0 Å². The summed E-state index contributed by atoms with van der Waals surface area (Å²) in [6.45, 7) is 11.0. The lowest BCUT2D eigenvalue weighted by molar-refractivity contribution is 0.0696. The second-order valence-corrected chi connectivity index (χ2v) is 10.3. The normalized spacial score (nSPS) is 15.7. The number of hydrogen-bond acceptors (Lipinski definition) is 6. The molecule has 0 aliphatic carbocycles. The van der Waals surface area contributed by atoms with Crippen LogP contribution in [-0.2, 0) is 10.0 Å². The number of aryl methyl sites for hydroxylation is 3. The first-order valence-electron chi connectivity index (χ1n) is 9.77. The maximum Gasteiger partial charge on any atom is 0.267 e. The molecule has 1 aromatic heterocycles. The van der Waals surface area contributed by atoms with Gasteiger partial charge in [-0.05, 0) is 87.2 Å². The van der Waals surface area contributed by atoms with Crippen molar-refractivity contribution in [2.45, 2.75) is 52.4 Å². The third-order valence-corrected chi connectivity index (χ3v) is 8.39. The molecule has 1 aliphatic rings. The molecule has 0 unspecified atom stereocenters. The zero-order valence-corrected chi connectivity index (χ0v) is 19.2.